The van der Waals surface area contributed by atoms with E-state index in [-0.39, 0.29) is 0 Å². The minimum Gasteiger partial charge on any atom is -0.309 e. The molecule has 0 aliphatic carbocycles. The summed E-state index contributed by atoms with van der Waals surface area (Å²) < 4.78 is 7.39. The van der Waals surface area contributed by atoms with Crippen molar-refractivity contribution in [1.29, 1.82) is 0 Å². The van der Waals surface area contributed by atoms with E-state index in [4.69, 9.17) is 4.98 Å². The largest absolute Gasteiger partial charge is 0.309 e. The molecule has 0 unspecified atom stereocenters. The van der Waals surface area contributed by atoms with E-state index in [2.05, 4.69) is 226 Å². The highest BCUT2D eigenvalue weighted by Crippen LogP contribution is 2.44. The van der Waals surface area contributed by atoms with Crippen LogP contribution in [0.25, 0.3) is 131 Å². The Morgan fingerprint density at radius 2 is 0.826 bits per heavy atom. The van der Waals surface area contributed by atoms with E-state index in [1.807, 2.05) is 42.1 Å². The number of benzene rings is 9. The van der Waals surface area contributed by atoms with Crippen molar-refractivity contribution in [3.8, 4) is 67.1 Å². The highest BCUT2D eigenvalue weighted by molar-refractivity contribution is 7.25. The molecule has 322 valence electrons. The predicted molar refractivity (Wildman–Crippen MR) is 291 cm³/mol. The molecular weight excluding hydrogens is 857 g/mol. The van der Waals surface area contributed by atoms with Gasteiger partial charge in [-0.3, -0.25) is 9.97 Å². The zero-order valence-corrected chi connectivity index (χ0v) is 38.1. The van der Waals surface area contributed by atoms with Gasteiger partial charge in [-0.15, -0.1) is 11.3 Å². The van der Waals surface area contributed by atoms with Crippen LogP contribution in [0.1, 0.15) is 0 Å². The first kappa shape index (κ1) is 39.3. The van der Waals surface area contributed by atoms with Gasteiger partial charge in [0.15, 0.2) is 0 Å². The van der Waals surface area contributed by atoms with Gasteiger partial charge >= 0.3 is 0 Å². The van der Waals surface area contributed by atoms with Crippen molar-refractivity contribution in [1.82, 2.24) is 19.1 Å². The first-order valence-electron chi connectivity index (χ1n) is 23.4. The minimum absolute atomic E-state index is 0.959. The second-order valence-electron chi connectivity index (χ2n) is 17.8. The average molecular weight is 897 g/mol. The van der Waals surface area contributed by atoms with Crippen LogP contribution in [-0.2, 0) is 0 Å². The Balaban J connectivity index is 0.944. The molecule has 14 rings (SSSR count). The van der Waals surface area contributed by atoms with Crippen LogP contribution >= 0.6 is 11.3 Å². The van der Waals surface area contributed by atoms with Gasteiger partial charge in [0.25, 0.3) is 0 Å². The summed E-state index contributed by atoms with van der Waals surface area (Å²) in [5.74, 6) is 0. The zero-order chi connectivity index (χ0) is 45.4. The van der Waals surface area contributed by atoms with Gasteiger partial charge in [0.1, 0.15) is 0 Å². The predicted octanol–water partition coefficient (Wildman–Crippen LogP) is 17.4. The number of nitrogens with zero attached hydrogens (tertiary/aromatic N) is 4. The van der Waals surface area contributed by atoms with Crippen LogP contribution in [0, 0.1) is 0 Å². The quantitative estimate of drug-likeness (QED) is 0.160. The lowest BCUT2D eigenvalue weighted by Gasteiger charge is -2.12. The summed E-state index contributed by atoms with van der Waals surface area (Å²) in [6, 6.07) is 81.9. The molecule has 0 aliphatic rings. The van der Waals surface area contributed by atoms with Crippen LogP contribution in [0.3, 0.4) is 0 Å². The number of rotatable bonds is 7. The Bertz CT molecular complexity index is 4160. The monoisotopic (exact) mass is 896 g/mol. The van der Waals surface area contributed by atoms with Gasteiger partial charge in [-0.25, -0.2) is 0 Å². The number of hydrogen-bond acceptors (Lipinski definition) is 3. The number of pyridine rings is 2. The van der Waals surface area contributed by atoms with Gasteiger partial charge in [-0.05, 0) is 142 Å². The topological polar surface area (TPSA) is 35.6 Å². The van der Waals surface area contributed by atoms with E-state index >= 15 is 0 Å². The highest BCUT2D eigenvalue weighted by atomic mass is 32.1. The summed E-state index contributed by atoms with van der Waals surface area (Å²) >= 11 is 1.86. The maximum absolute atomic E-state index is 4.76. The molecule has 0 radical (unpaired) electrons. The average Bonchev–Trinajstić information content (AvgIpc) is 4.08. The standard InChI is InChI=1S/C64H40N4S/c1-2-14-46(15-3-1)67-59-22-9-8-20-52(59)53-35-41(23-28-60(53)67)42-26-31-63-56(36-42)57-39-47(27-32-64(57)69-63)68-61-29-24-43(48-16-4-5-18-50(48)45-13-12-33-65-40-45)37-54(61)55-38-44(25-30-62(55)68)49-17-6-7-19-51(49)58-21-10-11-34-66-58/h1-40H. The van der Waals surface area contributed by atoms with E-state index in [1.54, 1.807) is 0 Å². The Hall–Kier alpha value is -8.90. The molecule has 9 aromatic carbocycles. The van der Waals surface area contributed by atoms with Crippen molar-refractivity contribution in [2.45, 2.75) is 0 Å². The van der Waals surface area contributed by atoms with Crippen LogP contribution in [0.5, 0.6) is 0 Å². The maximum Gasteiger partial charge on any atom is 0.0708 e. The van der Waals surface area contributed by atoms with Crippen LogP contribution in [0.15, 0.2) is 243 Å². The molecule has 0 saturated heterocycles. The first-order chi connectivity index (χ1) is 34.2. The van der Waals surface area contributed by atoms with E-state index in [9.17, 15) is 0 Å². The van der Waals surface area contributed by atoms with Crippen molar-refractivity contribution in [2.75, 3.05) is 0 Å². The van der Waals surface area contributed by atoms with Crippen molar-refractivity contribution >= 4 is 75.1 Å². The van der Waals surface area contributed by atoms with E-state index < -0.39 is 0 Å². The van der Waals surface area contributed by atoms with Crippen LogP contribution in [-0.4, -0.2) is 19.1 Å². The molecule has 5 heterocycles. The van der Waals surface area contributed by atoms with E-state index in [0.29, 0.717) is 0 Å². The van der Waals surface area contributed by atoms with Gasteiger partial charge in [0.2, 0.25) is 0 Å². The third-order valence-corrected chi connectivity index (χ3v) is 15.0. The summed E-state index contributed by atoms with van der Waals surface area (Å²) in [5.41, 5.74) is 18.4. The molecule has 5 heteroatoms. The molecule has 0 amide bonds. The number of aromatic nitrogens is 4. The van der Waals surface area contributed by atoms with E-state index in [1.165, 1.54) is 75.1 Å². The zero-order valence-electron chi connectivity index (χ0n) is 37.3. The molecule has 4 nitrogen and oxygen atoms in total. The lowest BCUT2D eigenvalue weighted by molar-refractivity contribution is 1.18. The Kier molecular flexibility index (Phi) is 9.04. The third-order valence-electron chi connectivity index (χ3n) is 13.9. The molecule has 0 spiro atoms. The number of fused-ring (bicyclic) bond motifs is 9. The number of para-hydroxylation sites is 2. The van der Waals surface area contributed by atoms with Crippen LogP contribution in [0.4, 0.5) is 0 Å². The van der Waals surface area contributed by atoms with Crippen molar-refractivity contribution in [3.05, 3.63) is 243 Å². The summed E-state index contributed by atoms with van der Waals surface area (Å²) in [5, 5.41) is 7.43. The smallest absolute Gasteiger partial charge is 0.0708 e. The third kappa shape index (κ3) is 6.43. The molecule has 0 atom stereocenters. The Labute approximate surface area is 402 Å². The van der Waals surface area contributed by atoms with Crippen LogP contribution in [0.2, 0.25) is 0 Å². The summed E-state index contributed by atoms with van der Waals surface area (Å²) in [6.45, 7) is 0. The van der Waals surface area contributed by atoms with Gasteiger partial charge < -0.3 is 9.13 Å². The first-order valence-corrected chi connectivity index (χ1v) is 24.2. The van der Waals surface area contributed by atoms with Gasteiger partial charge in [0, 0.05) is 82.8 Å². The molecule has 0 fully saturated rings. The molecule has 5 aromatic heterocycles. The molecule has 69 heavy (non-hydrogen) atoms. The van der Waals surface area contributed by atoms with Gasteiger partial charge in [0.05, 0.1) is 27.8 Å². The molecule has 0 aliphatic heterocycles. The summed E-state index contributed by atoms with van der Waals surface area (Å²) in [6.07, 6.45) is 5.65. The summed E-state index contributed by atoms with van der Waals surface area (Å²) in [4.78, 5) is 9.23. The van der Waals surface area contributed by atoms with Crippen molar-refractivity contribution < 1.29 is 0 Å². The van der Waals surface area contributed by atoms with Crippen molar-refractivity contribution in [2.24, 2.45) is 0 Å². The number of thiophene rings is 1. The fourth-order valence-corrected chi connectivity index (χ4v) is 11.8. The second-order valence-corrected chi connectivity index (χ2v) is 18.8. The fraction of sp³-hybridized carbons (Fsp3) is 0. The van der Waals surface area contributed by atoms with Crippen molar-refractivity contribution in [3.63, 3.8) is 0 Å². The molecule has 0 bridgehead atoms. The van der Waals surface area contributed by atoms with Gasteiger partial charge in [-0.2, -0.15) is 0 Å². The summed E-state index contributed by atoms with van der Waals surface area (Å²) in [7, 11) is 0. The number of hydrogen-bond donors (Lipinski definition) is 0. The maximum atomic E-state index is 4.76. The SMILES string of the molecule is c1ccc(-n2c3ccccc3c3cc(-c4ccc5sc6ccc(-n7c8ccc(-c9ccccc9-c9cccnc9)cc8c8cc(-c9ccccc9-c9ccccn9)ccc87)cc6c5c4)ccc32)cc1. The normalized spacial score (nSPS) is 11.8. The lowest BCUT2D eigenvalue weighted by Crippen LogP contribution is -1.94. The lowest BCUT2D eigenvalue weighted by atomic mass is 9.93. The Morgan fingerprint density at radius 1 is 0.304 bits per heavy atom. The second kappa shape index (κ2) is 15.9. The molecule has 14 aromatic rings. The van der Waals surface area contributed by atoms with Crippen LogP contribution < -0.4 is 0 Å². The molecule has 0 saturated carbocycles. The molecule has 0 N–H and O–H groups in total. The minimum atomic E-state index is 0.959. The van der Waals surface area contributed by atoms with Gasteiger partial charge in [-0.1, -0.05) is 121 Å². The highest BCUT2D eigenvalue weighted by Gasteiger charge is 2.19. The Morgan fingerprint density at radius 3 is 1.52 bits per heavy atom. The molecular formula is C64H40N4S. The van der Waals surface area contributed by atoms with E-state index in [0.717, 1.165) is 55.8 Å². The fourth-order valence-electron chi connectivity index (χ4n) is 10.7.